The van der Waals surface area contributed by atoms with Gasteiger partial charge in [0.15, 0.2) is 0 Å². The summed E-state index contributed by atoms with van der Waals surface area (Å²) in [5, 5.41) is 2.94. The van der Waals surface area contributed by atoms with Crippen LogP contribution in [0.1, 0.15) is 25.3 Å². The smallest absolute Gasteiger partial charge is 0.374 e. The minimum atomic E-state index is -4.34. The standard InChI is InChI=1S/C14H17F3N2O/c1-10(13(20)19-8-2-3-9-19)18-12-6-4-11(5-7-12)14(15,16)17/h4-7,10,18H,2-3,8-9H2,1H3. The fourth-order valence-corrected chi connectivity index (χ4v) is 2.28. The lowest BCUT2D eigenvalue weighted by Crippen LogP contribution is -2.39. The van der Waals surface area contributed by atoms with Crippen LogP contribution in [0.2, 0.25) is 0 Å². The number of rotatable bonds is 3. The van der Waals surface area contributed by atoms with Gasteiger partial charge in [-0.3, -0.25) is 4.79 Å². The number of nitrogens with one attached hydrogen (secondary N) is 1. The van der Waals surface area contributed by atoms with E-state index in [1.807, 2.05) is 0 Å². The summed E-state index contributed by atoms with van der Waals surface area (Å²) >= 11 is 0. The Bertz CT molecular complexity index is 464. The van der Waals surface area contributed by atoms with Crippen molar-refractivity contribution in [1.82, 2.24) is 4.90 Å². The summed E-state index contributed by atoms with van der Waals surface area (Å²) in [4.78, 5) is 13.8. The molecule has 1 aliphatic heterocycles. The van der Waals surface area contributed by atoms with Crippen molar-refractivity contribution in [1.29, 1.82) is 0 Å². The van der Waals surface area contributed by atoms with Crippen molar-refractivity contribution in [2.75, 3.05) is 18.4 Å². The number of hydrogen-bond acceptors (Lipinski definition) is 2. The Morgan fingerprint density at radius 3 is 2.25 bits per heavy atom. The maximum Gasteiger partial charge on any atom is 0.416 e. The molecule has 0 radical (unpaired) electrons. The van der Waals surface area contributed by atoms with Gasteiger partial charge in [0.2, 0.25) is 5.91 Å². The van der Waals surface area contributed by atoms with Crippen molar-refractivity contribution in [3.05, 3.63) is 29.8 Å². The second-order valence-corrected chi connectivity index (χ2v) is 4.97. The Balaban J connectivity index is 1.97. The van der Waals surface area contributed by atoms with Crippen molar-refractivity contribution in [2.24, 2.45) is 0 Å². The van der Waals surface area contributed by atoms with E-state index in [9.17, 15) is 18.0 Å². The summed E-state index contributed by atoms with van der Waals surface area (Å²) < 4.78 is 37.3. The van der Waals surface area contributed by atoms with Gasteiger partial charge in [0.05, 0.1) is 5.56 Å². The monoisotopic (exact) mass is 286 g/mol. The minimum absolute atomic E-state index is 0.0117. The predicted molar refractivity (Wildman–Crippen MR) is 70.3 cm³/mol. The summed E-state index contributed by atoms with van der Waals surface area (Å²) in [5.41, 5.74) is -0.181. The van der Waals surface area contributed by atoms with Gasteiger partial charge < -0.3 is 10.2 Å². The molecule has 6 heteroatoms. The molecule has 1 heterocycles. The molecule has 1 atom stereocenters. The molecule has 3 nitrogen and oxygen atoms in total. The zero-order chi connectivity index (χ0) is 14.8. The van der Waals surface area contributed by atoms with Crippen molar-refractivity contribution in [2.45, 2.75) is 32.0 Å². The second kappa shape index (κ2) is 5.73. The number of carbonyl (C=O) groups excluding carboxylic acids is 1. The lowest BCUT2D eigenvalue weighted by Gasteiger charge is -2.22. The Hall–Kier alpha value is -1.72. The Morgan fingerprint density at radius 2 is 1.75 bits per heavy atom. The normalized spacial score (nSPS) is 17.1. The summed E-state index contributed by atoms with van der Waals surface area (Å²) in [6.45, 7) is 3.24. The number of amides is 1. The van der Waals surface area contributed by atoms with E-state index < -0.39 is 17.8 Å². The largest absolute Gasteiger partial charge is 0.416 e. The first kappa shape index (κ1) is 14.7. The molecule has 1 aromatic carbocycles. The van der Waals surface area contributed by atoms with Crippen LogP contribution in [0, 0.1) is 0 Å². The van der Waals surface area contributed by atoms with Crippen LogP contribution >= 0.6 is 0 Å². The van der Waals surface area contributed by atoms with E-state index in [1.54, 1.807) is 11.8 Å². The van der Waals surface area contributed by atoms with Crippen LogP contribution in [-0.4, -0.2) is 29.9 Å². The van der Waals surface area contributed by atoms with Crippen LogP contribution in [-0.2, 0) is 11.0 Å². The third-order valence-electron chi connectivity index (χ3n) is 3.38. The van der Waals surface area contributed by atoms with E-state index in [2.05, 4.69) is 5.32 Å². The molecule has 2 rings (SSSR count). The maximum absolute atomic E-state index is 12.4. The van der Waals surface area contributed by atoms with Gasteiger partial charge in [-0.2, -0.15) is 13.2 Å². The summed E-state index contributed by atoms with van der Waals surface area (Å²) in [7, 11) is 0. The average molecular weight is 286 g/mol. The highest BCUT2D eigenvalue weighted by atomic mass is 19.4. The van der Waals surface area contributed by atoms with Gasteiger partial charge >= 0.3 is 6.18 Å². The minimum Gasteiger partial charge on any atom is -0.374 e. The Labute approximate surface area is 115 Å². The molecule has 1 fully saturated rings. The number of alkyl halides is 3. The SMILES string of the molecule is CC(Nc1ccc(C(F)(F)F)cc1)C(=O)N1CCCC1. The van der Waals surface area contributed by atoms with Gasteiger partial charge in [-0.25, -0.2) is 0 Å². The lowest BCUT2D eigenvalue weighted by molar-refractivity contribution is -0.137. The third-order valence-corrected chi connectivity index (χ3v) is 3.38. The lowest BCUT2D eigenvalue weighted by atomic mass is 10.2. The molecule has 0 saturated carbocycles. The number of halogens is 3. The number of benzene rings is 1. The average Bonchev–Trinajstić information content (AvgIpc) is 2.91. The highest BCUT2D eigenvalue weighted by molar-refractivity contribution is 5.84. The number of anilines is 1. The summed E-state index contributed by atoms with van der Waals surface area (Å²) in [6.07, 6.45) is -2.31. The van der Waals surface area contributed by atoms with Crippen molar-refractivity contribution in [3.63, 3.8) is 0 Å². The molecule has 1 N–H and O–H groups in total. The molecule has 110 valence electrons. The highest BCUT2D eigenvalue weighted by Gasteiger charge is 2.30. The van der Waals surface area contributed by atoms with Crippen LogP contribution in [0.3, 0.4) is 0 Å². The molecule has 1 amide bonds. The number of likely N-dealkylation sites (tertiary alicyclic amines) is 1. The third kappa shape index (κ3) is 3.43. The van der Waals surface area contributed by atoms with Gasteiger partial charge in [-0.05, 0) is 44.0 Å². The molecule has 20 heavy (non-hydrogen) atoms. The van der Waals surface area contributed by atoms with Crippen LogP contribution in [0.5, 0.6) is 0 Å². The molecule has 1 saturated heterocycles. The summed E-state index contributed by atoms with van der Waals surface area (Å²) in [6, 6.07) is 4.27. The first-order valence-electron chi connectivity index (χ1n) is 6.60. The van der Waals surface area contributed by atoms with Crippen LogP contribution < -0.4 is 5.32 Å². The number of nitrogens with zero attached hydrogens (tertiary/aromatic N) is 1. The topological polar surface area (TPSA) is 32.3 Å². The van der Waals surface area contributed by atoms with Crippen LogP contribution in [0.15, 0.2) is 24.3 Å². The molecule has 1 aromatic rings. The van der Waals surface area contributed by atoms with Crippen LogP contribution in [0.4, 0.5) is 18.9 Å². The molecular formula is C14H17F3N2O. The Morgan fingerprint density at radius 1 is 1.20 bits per heavy atom. The van der Waals surface area contributed by atoms with Crippen molar-refractivity contribution < 1.29 is 18.0 Å². The van der Waals surface area contributed by atoms with E-state index in [0.717, 1.165) is 38.1 Å². The fraction of sp³-hybridized carbons (Fsp3) is 0.500. The molecular weight excluding hydrogens is 269 g/mol. The van der Waals surface area contributed by atoms with Crippen LogP contribution in [0.25, 0.3) is 0 Å². The molecule has 0 aromatic heterocycles. The molecule has 0 spiro atoms. The molecule has 0 aliphatic carbocycles. The van der Waals surface area contributed by atoms with Gasteiger partial charge in [0.25, 0.3) is 0 Å². The van der Waals surface area contributed by atoms with E-state index >= 15 is 0 Å². The number of hydrogen-bond donors (Lipinski definition) is 1. The molecule has 1 unspecified atom stereocenters. The first-order valence-corrected chi connectivity index (χ1v) is 6.60. The molecule has 0 bridgehead atoms. The quantitative estimate of drug-likeness (QED) is 0.926. The fourth-order valence-electron chi connectivity index (χ4n) is 2.28. The number of carbonyl (C=O) groups is 1. The summed E-state index contributed by atoms with van der Waals surface area (Å²) in [5.74, 6) is -0.0117. The van der Waals surface area contributed by atoms with Gasteiger partial charge in [0, 0.05) is 18.8 Å². The van der Waals surface area contributed by atoms with Gasteiger partial charge in [-0.1, -0.05) is 0 Å². The van der Waals surface area contributed by atoms with E-state index in [4.69, 9.17) is 0 Å². The van der Waals surface area contributed by atoms with E-state index in [-0.39, 0.29) is 5.91 Å². The van der Waals surface area contributed by atoms with Gasteiger partial charge in [-0.15, -0.1) is 0 Å². The van der Waals surface area contributed by atoms with E-state index in [0.29, 0.717) is 5.69 Å². The maximum atomic E-state index is 12.4. The Kier molecular flexibility index (Phi) is 4.20. The van der Waals surface area contributed by atoms with Gasteiger partial charge in [0.1, 0.15) is 6.04 Å². The zero-order valence-electron chi connectivity index (χ0n) is 11.2. The first-order chi connectivity index (χ1) is 9.38. The predicted octanol–water partition coefficient (Wildman–Crippen LogP) is 3.13. The van der Waals surface area contributed by atoms with Crippen molar-refractivity contribution >= 4 is 11.6 Å². The molecule has 1 aliphatic rings. The van der Waals surface area contributed by atoms with Crippen molar-refractivity contribution in [3.8, 4) is 0 Å². The van der Waals surface area contributed by atoms with E-state index in [1.165, 1.54) is 12.1 Å². The highest BCUT2D eigenvalue weighted by Crippen LogP contribution is 2.29. The zero-order valence-corrected chi connectivity index (χ0v) is 11.2. The second-order valence-electron chi connectivity index (χ2n) is 4.97.